The van der Waals surface area contributed by atoms with Crippen molar-refractivity contribution < 1.29 is 19.1 Å². The molecule has 6 nitrogen and oxygen atoms in total. The fourth-order valence-electron chi connectivity index (χ4n) is 2.49. The van der Waals surface area contributed by atoms with Gasteiger partial charge < -0.3 is 10.1 Å². The number of rotatable bonds is 5. The Kier molecular flexibility index (Phi) is 6.99. The first-order valence-electron chi connectivity index (χ1n) is 8.08. The summed E-state index contributed by atoms with van der Waals surface area (Å²) in [6.45, 7) is 1.43. The van der Waals surface area contributed by atoms with E-state index in [1.165, 1.54) is 30.8 Å². The summed E-state index contributed by atoms with van der Waals surface area (Å²) in [5, 5.41) is 6.89. The number of hydrogen-bond donors (Lipinski definition) is 2. The number of hydrogen-bond acceptors (Lipinski definition) is 5. The molecule has 1 atom stereocenters. The summed E-state index contributed by atoms with van der Waals surface area (Å²) in [6.07, 6.45) is 7.06. The van der Waals surface area contributed by atoms with Crippen LogP contribution in [0.3, 0.4) is 0 Å². The standard InChI is InChI=1S/C17H22N2O4S/c1-12(23-15(20)10-9-14-8-5-11-24-14)16(21)19-17(22)18-13-6-3-2-4-7-13/h5,8-13H,2-4,6-7H2,1H3,(H2,18,19,21,22)/b10-9+/t12-/m0/s1. The zero-order chi connectivity index (χ0) is 17.4. The second kappa shape index (κ2) is 9.22. The van der Waals surface area contributed by atoms with Gasteiger partial charge in [0.1, 0.15) is 0 Å². The fourth-order valence-corrected chi connectivity index (χ4v) is 3.10. The Morgan fingerprint density at radius 3 is 2.71 bits per heavy atom. The van der Waals surface area contributed by atoms with Gasteiger partial charge in [-0.15, -0.1) is 11.3 Å². The van der Waals surface area contributed by atoms with Gasteiger partial charge in [-0.1, -0.05) is 25.3 Å². The Labute approximate surface area is 145 Å². The number of esters is 1. The maximum absolute atomic E-state index is 11.9. The Morgan fingerprint density at radius 1 is 1.29 bits per heavy atom. The number of nitrogens with one attached hydrogen (secondary N) is 2. The molecule has 130 valence electrons. The lowest BCUT2D eigenvalue weighted by molar-refractivity contribution is -0.149. The number of ether oxygens (including phenoxy) is 1. The minimum atomic E-state index is -1.04. The highest BCUT2D eigenvalue weighted by Gasteiger charge is 2.21. The molecule has 0 radical (unpaired) electrons. The quantitative estimate of drug-likeness (QED) is 0.632. The highest BCUT2D eigenvalue weighted by molar-refractivity contribution is 7.10. The van der Waals surface area contributed by atoms with E-state index < -0.39 is 24.0 Å². The molecule has 0 bridgehead atoms. The van der Waals surface area contributed by atoms with Crippen LogP contribution in [0.1, 0.15) is 43.9 Å². The van der Waals surface area contributed by atoms with Crippen LogP contribution in [0.5, 0.6) is 0 Å². The Balaban J connectivity index is 1.72. The van der Waals surface area contributed by atoms with Gasteiger partial charge in [-0.25, -0.2) is 9.59 Å². The molecule has 1 aliphatic carbocycles. The molecule has 1 aromatic rings. The maximum Gasteiger partial charge on any atom is 0.331 e. The molecule has 0 aromatic carbocycles. The molecule has 7 heteroatoms. The Bertz CT molecular complexity index is 592. The van der Waals surface area contributed by atoms with E-state index in [0.717, 1.165) is 30.6 Å². The molecule has 1 saturated carbocycles. The lowest BCUT2D eigenvalue weighted by atomic mass is 9.96. The van der Waals surface area contributed by atoms with Gasteiger partial charge in [-0.3, -0.25) is 10.1 Å². The van der Waals surface area contributed by atoms with Crippen LogP contribution in [0, 0.1) is 0 Å². The van der Waals surface area contributed by atoms with Crippen molar-refractivity contribution in [2.45, 2.75) is 51.2 Å². The predicted octanol–water partition coefficient (Wildman–Crippen LogP) is 2.85. The molecule has 2 N–H and O–H groups in total. The molecule has 1 aliphatic rings. The van der Waals surface area contributed by atoms with Gasteiger partial charge >= 0.3 is 12.0 Å². The molecular formula is C17H22N2O4S. The molecule has 0 unspecified atom stereocenters. The monoisotopic (exact) mass is 350 g/mol. The summed E-state index contributed by atoms with van der Waals surface area (Å²) >= 11 is 1.49. The lowest BCUT2D eigenvalue weighted by Crippen LogP contribution is -2.48. The highest BCUT2D eigenvalue weighted by Crippen LogP contribution is 2.17. The van der Waals surface area contributed by atoms with Gasteiger partial charge in [-0.05, 0) is 37.3 Å². The van der Waals surface area contributed by atoms with E-state index in [1.807, 2.05) is 17.5 Å². The zero-order valence-electron chi connectivity index (χ0n) is 13.6. The van der Waals surface area contributed by atoms with Crippen molar-refractivity contribution in [2.24, 2.45) is 0 Å². The summed E-state index contributed by atoms with van der Waals surface area (Å²) < 4.78 is 4.99. The molecule has 2 rings (SSSR count). The highest BCUT2D eigenvalue weighted by atomic mass is 32.1. The number of carbonyl (C=O) groups is 3. The number of urea groups is 1. The van der Waals surface area contributed by atoms with Crippen LogP contribution in [0.25, 0.3) is 6.08 Å². The topological polar surface area (TPSA) is 84.5 Å². The summed E-state index contributed by atoms with van der Waals surface area (Å²) in [7, 11) is 0. The van der Waals surface area contributed by atoms with E-state index >= 15 is 0 Å². The second-order valence-corrected chi connectivity index (χ2v) is 6.70. The molecule has 1 heterocycles. The minimum absolute atomic E-state index is 0.109. The van der Waals surface area contributed by atoms with Crippen LogP contribution in [-0.4, -0.2) is 30.1 Å². The van der Waals surface area contributed by atoms with Crippen LogP contribution in [0.15, 0.2) is 23.6 Å². The van der Waals surface area contributed by atoms with E-state index in [0.29, 0.717) is 0 Å². The largest absolute Gasteiger partial charge is 0.449 e. The predicted molar refractivity (Wildman–Crippen MR) is 92.5 cm³/mol. The van der Waals surface area contributed by atoms with Crippen molar-refractivity contribution in [3.8, 4) is 0 Å². The average molecular weight is 350 g/mol. The van der Waals surface area contributed by atoms with Gasteiger partial charge in [0.2, 0.25) is 0 Å². The number of amides is 3. The summed E-state index contributed by atoms with van der Waals surface area (Å²) in [4.78, 5) is 36.3. The van der Waals surface area contributed by atoms with Gasteiger partial charge in [0.05, 0.1) is 0 Å². The van der Waals surface area contributed by atoms with Crippen LogP contribution < -0.4 is 10.6 Å². The van der Waals surface area contributed by atoms with E-state index in [9.17, 15) is 14.4 Å². The van der Waals surface area contributed by atoms with Crippen LogP contribution in [-0.2, 0) is 14.3 Å². The molecule has 3 amide bonds. The molecule has 24 heavy (non-hydrogen) atoms. The van der Waals surface area contributed by atoms with Crippen molar-refractivity contribution in [3.05, 3.63) is 28.5 Å². The smallest absolute Gasteiger partial charge is 0.331 e. The average Bonchev–Trinajstić information content (AvgIpc) is 3.07. The number of thiophene rings is 1. The number of imide groups is 1. The molecule has 0 spiro atoms. The zero-order valence-corrected chi connectivity index (χ0v) is 14.4. The molecule has 1 aromatic heterocycles. The fraction of sp³-hybridized carbons (Fsp3) is 0.471. The lowest BCUT2D eigenvalue weighted by Gasteiger charge is -2.23. The third-order valence-corrected chi connectivity index (χ3v) is 4.60. The first kappa shape index (κ1) is 18.2. The first-order valence-corrected chi connectivity index (χ1v) is 8.96. The summed E-state index contributed by atoms with van der Waals surface area (Å²) in [5.41, 5.74) is 0. The maximum atomic E-state index is 11.9. The van der Waals surface area contributed by atoms with Crippen molar-refractivity contribution in [1.82, 2.24) is 10.6 Å². The van der Waals surface area contributed by atoms with E-state index in [-0.39, 0.29) is 6.04 Å². The summed E-state index contributed by atoms with van der Waals surface area (Å²) in [5.74, 6) is -1.26. The number of carbonyl (C=O) groups excluding carboxylic acids is 3. The van der Waals surface area contributed by atoms with Gasteiger partial charge in [0.25, 0.3) is 5.91 Å². The van der Waals surface area contributed by atoms with E-state index in [1.54, 1.807) is 6.08 Å². The Morgan fingerprint density at radius 2 is 2.04 bits per heavy atom. The SMILES string of the molecule is C[C@H](OC(=O)/C=C/c1cccs1)C(=O)NC(=O)NC1CCCCC1. The summed E-state index contributed by atoms with van der Waals surface area (Å²) in [6, 6.07) is 3.30. The van der Waals surface area contributed by atoms with Crippen molar-refractivity contribution in [2.75, 3.05) is 0 Å². The third kappa shape index (κ3) is 6.16. The van der Waals surface area contributed by atoms with Crippen LogP contribution in [0.2, 0.25) is 0 Å². The van der Waals surface area contributed by atoms with Crippen molar-refractivity contribution in [3.63, 3.8) is 0 Å². The molecule has 0 saturated heterocycles. The minimum Gasteiger partial charge on any atom is -0.449 e. The van der Waals surface area contributed by atoms with Crippen molar-refractivity contribution >= 4 is 35.3 Å². The van der Waals surface area contributed by atoms with Gasteiger partial charge in [0.15, 0.2) is 6.10 Å². The molecule has 1 fully saturated rings. The Hall–Kier alpha value is -2.15. The van der Waals surface area contributed by atoms with Crippen molar-refractivity contribution in [1.29, 1.82) is 0 Å². The normalized spacial score (nSPS) is 16.5. The third-order valence-electron chi connectivity index (χ3n) is 3.77. The second-order valence-electron chi connectivity index (χ2n) is 5.73. The first-order chi connectivity index (χ1) is 11.5. The molecule has 0 aliphatic heterocycles. The van der Waals surface area contributed by atoms with E-state index in [2.05, 4.69) is 10.6 Å². The van der Waals surface area contributed by atoms with Gasteiger partial charge in [0, 0.05) is 17.0 Å². The van der Waals surface area contributed by atoms with Gasteiger partial charge in [-0.2, -0.15) is 0 Å². The van der Waals surface area contributed by atoms with Crippen LogP contribution in [0.4, 0.5) is 4.79 Å². The molecular weight excluding hydrogens is 328 g/mol. The van der Waals surface area contributed by atoms with E-state index in [4.69, 9.17) is 4.74 Å². The van der Waals surface area contributed by atoms with Crippen LogP contribution >= 0.6 is 11.3 Å².